The minimum atomic E-state index is -0.865. The molecule has 0 aliphatic heterocycles. The lowest BCUT2D eigenvalue weighted by molar-refractivity contribution is -0.145. The summed E-state index contributed by atoms with van der Waals surface area (Å²) in [6.07, 6.45) is 1.08. The van der Waals surface area contributed by atoms with Crippen LogP contribution in [0.3, 0.4) is 0 Å². The number of methoxy groups -OCH3 is 1. The van der Waals surface area contributed by atoms with Gasteiger partial charge >= 0.3 is 5.97 Å². The summed E-state index contributed by atoms with van der Waals surface area (Å²) in [5, 5.41) is 5.35. The molecule has 0 unspecified atom stereocenters. The lowest BCUT2D eigenvalue weighted by Gasteiger charge is -2.23. The Balaban J connectivity index is 2.93. The molecule has 0 spiro atoms. The van der Waals surface area contributed by atoms with Crippen LogP contribution >= 0.6 is 0 Å². The molecule has 0 bridgehead atoms. The number of rotatable bonds is 10. The maximum absolute atomic E-state index is 12.9. The van der Waals surface area contributed by atoms with Gasteiger partial charge in [-0.3, -0.25) is 14.6 Å². The Morgan fingerprint density at radius 1 is 1.10 bits per heavy atom. The van der Waals surface area contributed by atoms with E-state index in [4.69, 9.17) is 16.2 Å². The van der Waals surface area contributed by atoms with Crippen LogP contribution < -0.4 is 22.1 Å². The van der Waals surface area contributed by atoms with Crippen molar-refractivity contribution in [3.05, 3.63) is 34.9 Å². The van der Waals surface area contributed by atoms with Crippen molar-refractivity contribution in [3.8, 4) is 0 Å². The molecule has 9 heteroatoms. The first kappa shape index (κ1) is 23.9. The number of nitrogens with zero attached hydrogens (tertiary/aromatic N) is 1. The van der Waals surface area contributed by atoms with E-state index in [0.717, 1.165) is 16.7 Å². The fourth-order valence-corrected chi connectivity index (χ4v) is 3.00. The minimum Gasteiger partial charge on any atom is -0.467 e. The van der Waals surface area contributed by atoms with E-state index in [1.54, 1.807) is 0 Å². The van der Waals surface area contributed by atoms with Crippen molar-refractivity contribution in [1.29, 1.82) is 0 Å². The van der Waals surface area contributed by atoms with Crippen molar-refractivity contribution >= 4 is 23.7 Å². The molecular weight excluding hydrogens is 374 g/mol. The molecule has 0 fully saturated rings. The molecule has 9 nitrogen and oxygen atoms in total. The Labute approximate surface area is 171 Å². The molecule has 2 atom stereocenters. The van der Waals surface area contributed by atoms with Gasteiger partial charge in [0.25, 0.3) is 0 Å². The van der Waals surface area contributed by atoms with Crippen LogP contribution in [0.4, 0.5) is 0 Å². The second-order valence-corrected chi connectivity index (χ2v) is 6.86. The summed E-state index contributed by atoms with van der Waals surface area (Å²) < 4.78 is 4.78. The zero-order valence-corrected chi connectivity index (χ0v) is 17.5. The summed E-state index contributed by atoms with van der Waals surface area (Å²) in [6.45, 7) is 5.57. The van der Waals surface area contributed by atoms with Crippen LogP contribution in [-0.2, 0) is 25.5 Å². The number of carbonyl (C=O) groups excluding carboxylic acids is 3. The zero-order chi connectivity index (χ0) is 22.0. The molecule has 0 aliphatic rings. The van der Waals surface area contributed by atoms with Crippen molar-refractivity contribution < 1.29 is 19.1 Å². The van der Waals surface area contributed by atoms with Crippen LogP contribution in [0.1, 0.15) is 36.5 Å². The van der Waals surface area contributed by atoms with E-state index >= 15 is 0 Å². The summed E-state index contributed by atoms with van der Waals surface area (Å²) in [5.41, 5.74) is 13.6. The van der Waals surface area contributed by atoms with Gasteiger partial charge in [-0.1, -0.05) is 18.2 Å². The lowest BCUT2D eigenvalue weighted by Crippen LogP contribution is -2.52. The van der Waals surface area contributed by atoms with Gasteiger partial charge in [0.05, 0.1) is 7.11 Å². The number of aryl methyl sites for hydroxylation is 2. The quantitative estimate of drug-likeness (QED) is 0.187. The van der Waals surface area contributed by atoms with Crippen molar-refractivity contribution in [3.63, 3.8) is 0 Å². The number of nitrogens with two attached hydrogens (primary N) is 2. The van der Waals surface area contributed by atoms with Crippen LogP contribution in [0.15, 0.2) is 23.2 Å². The van der Waals surface area contributed by atoms with Gasteiger partial charge in [-0.15, -0.1) is 0 Å². The molecule has 29 heavy (non-hydrogen) atoms. The Morgan fingerprint density at radius 3 is 2.24 bits per heavy atom. The van der Waals surface area contributed by atoms with Crippen molar-refractivity contribution in [2.75, 3.05) is 13.7 Å². The Kier molecular flexibility index (Phi) is 9.64. The maximum atomic E-state index is 12.9. The van der Waals surface area contributed by atoms with Crippen molar-refractivity contribution in [1.82, 2.24) is 10.6 Å². The van der Waals surface area contributed by atoms with Gasteiger partial charge in [0.2, 0.25) is 11.8 Å². The highest BCUT2D eigenvalue weighted by Gasteiger charge is 2.27. The predicted octanol–water partition coefficient (Wildman–Crippen LogP) is 0.0620. The molecule has 1 aromatic rings. The van der Waals surface area contributed by atoms with Crippen LogP contribution in [0, 0.1) is 13.8 Å². The molecule has 0 saturated heterocycles. The first-order valence-electron chi connectivity index (χ1n) is 9.41. The summed E-state index contributed by atoms with van der Waals surface area (Å²) in [5.74, 6) is -1.40. The van der Waals surface area contributed by atoms with Crippen molar-refractivity contribution in [2.45, 2.75) is 52.1 Å². The fraction of sp³-hybridized carbons (Fsp3) is 0.500. The lowest BCUT2D eigenvalue weighted by atomic mass is 9.95. The summed E-state index contributed by atoms with van der Waals surface area (Å²) in [6, 6.07) is 4.15. The number of ether oxygens (including phenoxy) is 1. The monoisotopic (exact) mass is 405 g/mol. The highest BCUT2D eigenvalue weighted by atomic mass is 16.5. The SMILES string of the molecule is COC(=O)[C@H](CCCN=C(N)N)NC(=O)[C@@H](Cc1c(C)cccc1C)NC(C)=O. The van der Waals surface area contributed by atoms with Crippen LogP contribution in [0.5, 0.6) is 0 Å². The van der Waals surface area contributed by atoms with Gasteiger partial charge in [-0.05, 0) is 43.4 Å². The number of hydrogen-bond donors (Lipinski definition) is 4. The first-order chi connectivity index (χ1) is 13.6. The van der Waals surface area contributed by atoms with E-state index in [-0.39, 0.29) is 11.9 Å². The molecule has 160 valence electrons. The molecule has 2 amide bonds. The van der Waals surface area contributed by atoms with Gasteiger partial charge in [-0.2, -0.15) is 0 Å². The van der Waals surface area contributed by atoms with Crippen LogP contribution in [-0.4, -0.2) is 49.5 Å². The molecule has 0 saturated carbocycles. The number of aliphatic imine (C=N–C) groups is 1. The van der Waals surface area contributed by atoms with E-state index in [2.05, 4.69) is 15.6 Å². The number of carbonyl (C=O) groups is 3. The summed E-state index contributed by atoms with van der Waals surface area (Å²) in [7, 11) is 1.25. The molecule has 0 aliphatic carbocycles. The molecule has 0 heterocycles. The minimum absolute atomic E-state index is 0.0389. The third-order valence-corrected chi connectivity index (χ3v) is 4.49. The van der Waals surface area contributed by atoms with Crippen molar-refractivity contribution in [2.24, 2.45) is 16.5 Å². The van der Waals surface area contributed by atoms with E-state index in [0.29, 0.717) is 25.8 Å². The average Bonchev–Trinajstić information content (AvgIpc) is 2.64. The normalized spacial score (nSPS) is 12.4. The van der Waals surface area contributed by atoms with E-state index in [9.17, 15) is 14.4 Å². The van der Waals surface area contributed by atoms with E-state index in [1.807, 2.05) is 32.0 Å². The van der Waals surface area contributed by atoms with Gasteiger partial charge in [0, 0.05) is 19.9 Å². The highest BCUT2D eigenvalue weighted by Crippen LogP contribution is 2.16. The number of esters is 1. The molecule has 1 rings (SSSR count). The molecule has 0 radical (unpaired) electrons. The smallest absolute Gasteiger partial charge is 0.328 e. The molecule has 6 N–H and O–H groups in total. The van der Waals surface area contributed by atoms with E-state index in [1.165, 1.54) is 14.0 Å². The number of hydrogen-bond acceptors (Lipinski definition) is 5. The van der Waals surface area contributed by atoms with Gasteiger partial charge < -0.3 is 26.8 Å². The second kappa shape index (κ2) is 11.7. The first-order valence-corrected chi connectivity index (χ1v) is 9.41. The Hall–Kier alpha value is -3.10. The second-order valence-electron chi connectivity index (χ2n) is 6.86. The van der Waals surface area contributed by atoms with Gasteiger partial charge in [0.1, 0.15) is 12.1 Å². The fourth-order valence-electron chi connectivity index (χ4n) is 3.00. The summed E-state index contributed by atoms with van der Waals surface area (Å²) >= 11 is 0. The van der Waals surface area contributed by atoms with Gasteiger partial charge in [0.15, 0.2) is 5.96 Å². The Morgan fingerprint density at radius 2 is 1.72 bits per heavy atom. The van der Waals surface area contributed by atoms with Crippen LogP contribution in [0.25, 0.3) is 0 Å². The predicted molar refractivity (Wildman–Crippen MR) is 111 cm³/mol. The average molecular weight is 405 g/mol. The number of amides is 2. The summed E-state index contributed by atoms with van der Waals surface area (Å²) in [4.78, 5) is 40.5. The standard InChI is InChI=1S/C20H31N5O4/c1-12-7-5-8-13(2)15(12)11-17(24-14(3)26)18(27)25-16(19(28)29-4)9-6-10-23-20(21)22/h5,7-8,16-17H,6,9-11H2,1-4H3,(H,24,26)(H,25,27)(H4,21,22,23)/t16-,17+/m0/s1. The molecular formula is C20H31N5O4. The zero-order valence-electron chi connectivity index (χ0n) is 17.5. The largest absolute Gasteiger partial charge is 0.467 e. The van der Waals surface area contributed by atoms with Gasteiger partial charge in [-0.25, -0.2) is 4.79 Å². The highest BCUT2D eigenvalue weighted by molar-refractivity contribution is 5.90. The number of guanidine groups is 1. The number of nitrogens with one attached hydrogen (secondary N) is 2. The maximum Gasteiger partial charge on any atom is 0.328 e. The van der Waals surface area contributed by atoms with Crippen LogP contribution in [0.2, 0.25) is 0 Å². The third kappa shape index (κ3) is 8.20. The third-order valence-electron chi connectivity index (χ3n) is 4.49. The Bertz CT molecular complexity index is 739. The topological polar surface area (TPSA) is 149 Å². The van der Waals surface area contributed by atoms with E-state index < -0.39 is 24.0 Å². The molecule has 1 aromatic carbocycles. The molecule has 0 aromatic heterocycles. The number of benzene rings is 1.